The highest BCUT2D eigenvalue weighted by atomic mass is 35.5. The lowest BCUT2D eigenvalue weighted by molar-refractivity contribution is 0.0450. The summed E-state index contributed by atoms with van der Waals surface area (Å²) in [4.78, 5) is 22.4. The molecule has 0 aliphatic carbocycles. The Morgan fingerprint density at radius 3 is 2.56 bits per heavy atom. The molecule has 0 radical (unpaired) electrons. The van der Waals surface area contributed by atoms with Gasteiger partial charge in [-0.3, -0.25) is 0 Å². The van der Waals surface area contributed by atoms with Gasteiger partial charge in [0.2, 0.25) is 0 Å². The summed E-state index contributed by atoms with van der Waals surface area (Å²) in [6, 6.07) is 4.12. The van der Waals surface area contributed by atoms with Gasteiger partial charge in [0.1, 0.15) is 12.4 Å². The van der Waals surface area contributed by atoms with Crippen LogP contribution in [0, 0.1) is 0 Å². The van der Waals surface area contributed by atoms with Crippen LogP contribution in [0.15, 0.2) is 18.2 Å². The van der Waals surface area contributed by atoms with Gasteiger partial charge in [0, 0.05) is 24.8 Å². The molecule has 9 nitrogen and oxygen atoms in total. The molecule has 0 saturated carbocycles. The number of carboxylic acid groups (broad SMARTS) is 1. The average Bonchev–Trinajstić information content (AvgIpc) is 3.10. The summed E-state index contributed by atoms with van der Waals surface area (Å²) in [5.74, 6) is 0.390. The van der Waals surface area contributed by atoms with E-state index in [4.69, 9.17) is 47.4 Å². The van der Waals surface area contributed by atoms with Gasteiger partial charge in [0.05, 0.1) is 61.0 Å². The molecular formula is C22H27Cl2FN4O5. The van der Waals surface area contributed by atoms with Crippen LogP contribution >= 0.6 is 23.2 Å². The second-order valence-corrected chi connectivity index (χ2v) is 8.59. The number of alkyl halides is 1. The molecule has 2 heterocycles. The molecule has 1 aromatic heterocycles. The number of nitrogens with one attached hydrogen (secondary N) is 1. The topological polar surface area (TPSA) is 106 Å². The zero-order valence-corrected chi connectivity index (χ0v) is 20.6. The molecule has 2 N–H and O–H groups in total. The Hall–Kier alpha value is -2.24. The van der Waals surface area contributed by atoms with E-state index in [0.717, 1.165) is 0 Å². The molecule has 3 rings (SSSR count). The summed E-state index contributed by atoms with van der Waals surface area (Å²) >= 11 is 12.5. The molecule has 12 heteroatoms. The highest BCUT2D eigenvalue weighted by molar-refractivity contribution is 6.36. The molecule has 1 unspecified atom stereocenters. The number of anilines is 1. The van der Waals surface area contributed by atoms with E-state index in [1.165, 1.54) is 19.1 Å². The second kappa shape index (κ2) is 11.9. The van der Waals surface area contributed by atoms with E-state index in [1.807, 2.05) is 0 Å². The molecule has 186 valence electrons. The van der Waals surface area contributed by atoms with Crippen molar-refractivity contribution in [3.05, 3.63) is 39.6 Å². The van der Waals surface area contributed by atoms with Crippen molar-refractivity contribution in [1.29, 1.82) is 0 Å². The molecule has 1 amide bonds. The highest BCUT2D eigenvalue weighted by Crippen LogP contribution is 2.33. The minimum Gasteiger partial charge on any atom is -0.465 e. The zero-order chi connectivity index (χ0) is 24.8. The lowest BCUT2D eigenvalue weighted by Gasteiger charge is -2.26. The number of methoxy groups -OCH3 is 2. The number of nitrogens with zero attached hydrogens (tertiary/aromatic N) is 3. The first-order valence-electron chi connectivity index (χ1n) is 10.6. The van der Waals surface area contributed by atoms with Crippen molar-refractivity contribution in [3.8, 4) is 11.3 Å². The van der Waals surface area contributed by atoms with Crippen LogP contribution in [0.5, 0.6) is 0 Å². The number of hydrogen-bond acceptors (Lipinski definition) is 7. The van der Waals surface area contributed by atoms with Crippen molar-refractivity contribution in [2.24, 2.45) is 0 Å². The Balaban J connectivity index is 2.04. The van der Waals surface area contributed by atoms with Crippen LogP contribution in [0.1, 0.15) is 18.3 Å². The van der Waals surface area contributed by atoms with Crippen molar-refractivity contribution in [3.63, 3.8) is 0 Å². The van der Waals surface area contributed by atoms with Gasteiger partial charge in [-0.2, -0.15) is 0 Å². The summed E-state index contributed by atoms with van der Waals surface area (Å²) in [6.45, 7) is 1.32. The van der Waals surface area contributed by atoms with Crippen LogP contribution in [0.3, 0.4) is 0 Å². The van der Waals surface area contributed by atoms with E-state index >= 15 is 0 Å². The summed E-state index contributed by atoms with van der Waals surface area (Å²) < 4.78 is 29.1. The van der Waals surface area contributed by atoms with Crippen molar-refractivity contribution in [1.82, 2.24) is 14.9 Å². The molecule has 0 bridgehead atoms. The van der Waals surface area contributed by atoms with Crippen LogP contribution < -0.4 is 5.32 Å². The molecule has 1 aromatic carbocycles. The first-order valence-corrected chi connectivity index (χ1v) is 11.3. The number of benzene rings is 1. The van der Waals surface area contributed by atoms with Crippen LogP contribution in [-0.4, -0.2) is 78.3 Å². The average molecular weight is 517 g/mol. The highest BCUT2D eigenvalue weighted by Gasteiger charge is 2.43. The third kappa shape index (κ3) is 5.87. The number of amides is 1. The fraction of sp³-hybridized carbons (Fsp3) is 0.500. The Kier molecular flexibility index (Phi) is 9.26. The van der Waals surface area contributed by atoms with E-state index in [9.17, 15) is 14.3 Å². The van der Waals surface area contributed by atoms with Crippen molar-refractivity contribution < 1.29 is 28.5 Å². The van der Waals surface area contributed by atoms with Gasteiger partial charge < -0.3 is 29.5 Å². The van der Waals surface area contributed by atoms with Crippen molar-refractivity contribution >= 4 is 35.1 Å². The Labute approximate surface area is 207 Å². The second-order valence-electron chi connectivity index (χ2n) is 7.75. The van der Waals surface area contributed by atoms with Gasteiger partial charge in [-0.05, 0) is 25.1 Å². The van der Waals surface area contributed by atoms with Crippen LogP contribution in [0.4, 0.5) is 15.0 Å². The minimum absolute atomic E-state index is 0.102. The van der Waals surface area contributed by atoms with Gasteiger partial charge in [-0.25, -0.2) is 19.2 Å². The summed E-state index contributed by atoms with van der Waals surface area (Å²) in [5, 5.41) is 13.7. The van der Waals surface area contributed by atoms with E-state index in [2.05, 4.69) is 5.32 Å². The predicted molar refractivity (Wildman–Crippen MR) is 126 cm³/mol. The number of ether oxygens (including phenoxy) is 3. The minimum atomic E-state index is -1.08. The largest absolute Gasteiger partial charge is 0.465 e. The SMILES string of the molecule is COCc1nc(-c2ccc(Cl)cc2Cl)c(COC)nc1N[C@@H]1C(C)N(C(=O)O)C[C@@H]1OCCF. The smallest absolute Gasteiger partial charge is 0.407 e. The number of aromatic nitrogens is 2. The third-order valence-electron chi connectivity index (χ3n) is 5.54. The van der Waals surface area contributed by atoms with Gasteiger partial charge in [-0.1, -0.05) is 23.2 Å². The quantitative estimate of drug-likeness (QED) is 0.482. The normalized spacial score (nSPS) is 20.1. The molecule has 3 atom stereocenters. The molecule has 1 aliphatic heterocycles. The lowest BCUT2D eigenvalue weighted by atomic mass is 10.1. The predicted octanol–water partition coefficient (Wildman–Crippen LogP) is 4.26. The van der Waals surface area contributed by atoms with Crippen LogP contribution in [0.25, 0.3) is 11.3 Å². The Morgan fingerprint density at radius 2 is 1.94 bits per heavy atom. The molecule has 1 saturated heterocycles. The zero-order valence-electron chi connectivity index (χ0n) is 19.1. The molecule has 2 aromatic rings. The molecular weight excluding hydrogens is 490 g/mol. The van der Waals surface area contributed by atoms with Crippen LogP contribution in [-0.2, 0) is 27.4 Å². The lowest BCUT2D eigenvalue weighted by Crippen LogP contribution is -2.42. The van der Waals surface area contributed by atoms with E-state index in [1.54, 1.807) is 25.1 Å². The van der Waals surface area contributed by atoms with Gasteiger partial charge in [-0.15, -0.1) is 0 Å². The third-order valence-corrected chi connectivity index (χ3v) is 6.08. The van der Waals surface area contributed by atoms with Gasteiger partial charge in [0.25, 0.3) is 0 Å². The standard InChI is InChI=1S/C22H27Cl2FN4O5/c1-12-19(18(34-7-6-25)9-29(12)22(30)31)28-21-17(11-33-3)26-20(16(27-21)10-32-2)14-5-4-13(23)8-15(14)24/h4-5,8,12,18-19H,6-7,9-11H2,1-3H3,(H,27,28)(H,30,31)/t12?,18-,19+/m0/s1. The van der Waals surface area contributed by atoms with Crippen LogP contribution in [0.2, 0.25) is 10.0 Å². The van der Waals surface area contributed by atoms with Crippen molar-refractivity contribution in [2.45, 2.75) is 38.3 Å². The van der Waals surface area contributed by atoms with E-state index in [0.29, 0.717) is 38.5 Å². The monoisotopic (exact) mass is 516 g/mol. The summed E-state index contributed by atoms with van der Waals surface area (Å²) in [6.07, 6.45) is -1.66. The number of likely N-dealkylation sites (tertiary alicyclic amines) is 1. The fourth-order valence-electron chi connectivity index (χ4n) is 3.95. The molecule has 1 aliphatic rings. The van der Waals surface area contributed by atoms with E-state index in [-0.39, 0.29) is 26.4 Å². The maximum Gasteiger partial charge on any atom is 0.407 e. The number of carbonyl (C=O) groups is 1. The summed E-state index contributed by atoms with van der Waals surface area (Å²) in [5.41, 5.74) is 2.13. The van der Waals surface area contributed by atoms with Crippen molar-refractivity contribution in [2.75, 3.05) is 39.4 Å². The number of hydrogen-bond donors (Lipinski definition) is 2. The molecule has 1 fully saturated rings. The Bertz CT molecular complexity index is 1020. The first kappa shape index (κ1) is 26.4. The maximum atomic E-state index is 12.8. The fourth-order valence-corrected chi connectivity index (χ4v) is 4.44. The van der Waals surface area contributed by atoms with Gasteiger partial charge >= 0.3 is 6.09 Å². The molecule has 34 heavy (non-hydrogen) atoms. The first-order chi connectivity index (χ1) is 16.3. The molecule has 0 spiro atoms. The van der Waals surface area contributed by atoms with Gasteiger partial charge in [0.15, 0.2) is 5.82 Å². The Morgan fingerprint density at radius 1 is 1.24 bits per heavy atom. The number of rotatable bonds is 10. The number of halogens is 3. The maximum absolute atomic E-state index is 12.8. The summed E-state index contributed by atoms with van der Waals surface area (Å²) in [7, 11) is 3.07. The van der Waals surface area contributed by atoms with E-state index < -0.39 is 31.0 Å².